The van der Waals surface area contributed by atoms with Gasteiger partial charge in [-0.1, -0.05) is 6.08 Å². The Bertz CT molecular complexity index is 480. The fraction of sp³-hybridized carbons (Fsp3) is 0.562. The van der Waals surface area contributed by atoms with Gasteiger partial charge in [0.15, 0.2) is 5.96 Å². The number of aliphatic imine (C=N–C) groups is 1. The average molecular weight is 317 g/mol. The van der Waals surface area contributed by atoms with Crippen molar-refractivity contribution in [1.82, 2.24) is 25.5 Å². The van der Waals surface area contributed by atoms with Crippen molar-refractivity contribution in [3.8, 4) is 0 Å². The van der Waals surface area contributed by atoms with Gasteiger partial charge < -0.3 is 15.5 Å². The van der Waals surface area contributed by atoms with Gasteiger partial charge in [-0.2, -0.15) is 0 Å². The van der Waals surface area contributed by atoms with Crippen molar-refractivity contribution in [1.29, 1.82) is 0 Å². The Balaban J connectivity index is 1.72. The molecule has 7 nitrogen and oxygen atoms in total. The lowest BCUT2D eigenvalue weighted by atomic mass is 10.3. The largest absolute Gasteiger partial charge is 0.357 e. The normalized spacial score (nSPS) is 16.2. The highest BCUT2D eigenvalue weighted by Gasteiger charge is 2.18. The smallest absolute Gasteiger partial charge is 0.225 e. The standard InChI is InChI=1S/C16H27N7/c1-3-6-18-15(17-4-2)19-9-10-22-11-13-23(14-12-22)16-20-7-5-8-21-16/h3,5,7-8H,1,4,6,9-14H2,2H3,(H2,17,18,19). The van der Waals surface area contributed by atoms with E-state index < -0.39 is 0 Å². The predicted octanol–water partition coefficient (Wildman–Crippen LogP) is 0.340. The third-order valence-corrected chi connectivity index (χ3v) is 3.65. The summed E-state index contributed by atoms with van der Waals surface area (Å²) in [6.45, 7) is 13.1. The summed E-state index contributed by atoms with van der Waals surface area (Å²) in [4.78, 5) is 17.9. The third-order valence-electron chi connectivity index (χ3n) is 3.65. The second-order valence-corrected chi connectivity index (χ2v) is 5.31. The first-order valence-electron chi connectivity index (χ1n) is 8.21. The molecular weight excluding hydrogens is 290 g/mol. The highest BCUT2D eigenvalue weighted by atomic mass is 15.3. The molecule has 0 saturated carbocycles. The van der Waals surface area contributed by atoms with Crippen LogP contribution in [0.5, 0.6) is 0 Å². The van der Waals surface area contributed by atoms with Gasteiger partial charge in [0.2, 0.25) is 5.95 Å². The van der Waals surface area contributed by atoms with Crippen LogP contribution in [0.15, 0.2) is 36.1 Å². The van der Waals surface area contributed by atoms with E-state index in [1.807, 2.05) is 12.1 Å². The molecule has 0 spiro atoms. The number of rotatable bonds is 7. The number of anilines is 1. The zero-order valence-corrected chi connectivity index (χ0v) is 13.9. The van der Waals surface area contributed by atoms with Gasteiger partial charge in [0.1, 0.15) is 0 Å². The second kappa shape index (κ2) is 9.78. The summed E-state index contributed by atoms with van der Waals surface area (Å²) in [7, 11) is 0. The van der Waals surface area contributed by atoms with Gasteiger partial charge >= 0.3 is 0 Å². The fourth-order valence-corrected chi connectivity index (χ4v) is 2.44. The van der Waals surface area contributed by atoms with Crippen LogP contribution in [0.1, 0.15) is 6.92 Å². The Hall–Kier alpha value is -2.15. The van der Waals surface area contributed by atoms with Crippen LogP contribution >= 0.6 is 0 Å². The van der Waals surface area contributed by atoms with E-state index in [4.69, 9.17) is 0 Å². The van der Waals surface area contributed by atoms with Crippen LogP contribution in [-0.4, -0.2) is 73.2 Å². The molecule has 0 radical (unpaired) electrons. The van der Waals surface area contributed by atoms with Gasteiger partial charge in [-0.25, -0.2) is 9.97 Å². The topological polar surface area (TPSA) is 68.7 Å². The molecule has 23 heavy (non-hydrogen) atoms. The number of aromatic nitrogens is 2. The van der Waals surface area contributed by atoms with Crippen LogP contribution in [0, 0.1) is 0 Å². The van der Waals surface area contributed by atoms with E-state index in [1.165, 1.54) is 0 Å². The Morgan fingerprint density at radius 2 is 2.00 bits per heavy atom. The average Bonchev–Trinajstić information content (AvgIpc) is 2.61. The maximum atomic E-state index is 4.59. The van der Waals surface area contributed by atoms with Crippen molar-refractivity contribution >= 4 is 11.9 Å². The SMILES string of the molecule is C=CCNC(=NCCN1CCN(c2ncccn2)CC1)NCC. The molecule has 0 aliphatic carbocycles. The maximum absolute atomic E-state index is 4.59. The van der Waals surface area contributed by atoms with Crippen molar-refractivity contribution in [2.75, 3.05) is 57.3 Å². The minimum atomic E-state index is 0.724. The monoisotopic (exact) mass is 317 g/mol. The van der Waals surface area contributed by atoms with Gasteiger partial charge in [-0.05, 0) is 13.0 Å². The molecule has 2 heterocycles. The van der Waals surface area contributed by atoms with Crippen molar-refractivity contribution < 1.29 is 0 Å². The van der Waals surface area contributed by atoms with Gasteiger partial charge in [-0.3, -0.25) is 9.89 Å². The lowest BCUT2D eigenvalue weighted by Crippen LogP contribution is -2.47. The van der Waals surface area contributed by atoms with Crippen LogP contribution in [-0.2, 0) is 0 Å². The summed E-state index contributed by atoms with van der Waals surface area (Å²) in [6, 6.07) is 1.85. The van der Waals surface area contributed by atoms with Crippen molar-refractivity contribution in [2.45, 2.75) is 6.92 Å². The molecule has 1 aromatic heterocycles. The fourth-order valence-electron chi connectivity index (χ4n) is 2.44. The summed E-state index contributed by atoms with van der Waals surface area (Å²) in [6.07, 6.45) is 5.42. The molecule has 0 bridgehead atoms. The Morgan fingerprint density at radius 3 is 2.65 bits per heavy atom. The zero-order valence-electron chi connectivity index (χ0n) is 13.9. The second-order valence-electron chi connectivity index (χ2n) is 5.31. The number of piperazine rings is 1. The predicted molar refractivity (Wildman–Crippen MR) is 94.9 cm³/mol. The van der Waals surface area contributed by atoms with E-state index in [0.29, 0.717) is 0 Å². The number of hydrogen-bond acceptors (Lipinski definition) is 5. The molecule has 2 N–H and O–H groups in total. The Morgan fingerprint density at radius 1 is 1.26 bits per heavy atom. The maximum Gasteiger partial charge on any atom is 0.225 e. The summed E-state index contributed by atoms with van der Waals surface area (Å²) in [5.74, 6) is 1.68. The van der Waals surface area contributed by atoms with E-state index in [1.54, 1.807) is 12.4 Å². The summed E-state index contributed by atoms with van der Waals surface area (Å²) in [5.41, 5.74) is 0. The van der Waals surface area contributed by atoms with Crippen LogP contribution in [0.25, 0.3) is 0 Å². The minimum Gasteiger partial charge on any atom is -0.357 e. The van der Waals surface area contributed by atoms with Gasteiger partial charge in [0, 0.05) is 58.2 Å². The van der Waals surface area contributed by atoms with E-state index in [2.05, 4.69) is 48.9 Å². The lowest BCUT2D eigenvalue weighted by molar-refractivity contribution is 0.263. The first kappa shape index (κ1) is 17.2. The van der Waals surface area contributed by atoms with Gasteiger partial charge in [-0.15, -0.1) is 6.58 Å². The van der Waals surface area contributed by atoms with Crippen molar-refractivity contribution in [3.63, 3.8) is 0 Å². The highest BCUT2D eigenvalue weighted by Crippen LogP contribution is 2.09. The van der Waals surface area contributed by atoms with Crippen LogP contribution in [0.3, 0.4) is 0 Å². The number of guanidine groups is 1. The van der Waals surface area contributed by atoms with Crippen LogP contribution in [0.2, 0.25) is 0 Å². The Labute approximate surface area is 138 Å². The molecule has 0 atom stereocenters. The Kier molecular flexibility index (Phi) is 7.32. The molecule has 1 saturated heterocycles. The molecule has 1 fully saturated rings. The first-order chi connectivity index (χ1) is 11.3. The molecule has 2 rings (SSSR count). The number of nitrogens with zero attached hydrogens (tertiary/aromatic N) is 5. The van der Waals surface area contributed by atoms with Crippen molar-refractivity contribution in [3.05, 3.63) is 31.1 Å². The van der Waals surface area contributed by atoms with Crippen molar-refractivity contribution in [2.24, 2.45) is 4.99 Å². The minimum absolute atomic E-state index is 0.724. The summed E-state index contributed by atoms with van der Waals surface area (Å²) in [5, 5.41) is 6.45. The molecule has 7 heteroatoms. The summed E-state index contributed by atoms with van der Waals surface area (Å²) < 4.78 is 0. The molecular formula is C16H27N7. The molecule has 126 valence electrons. The molecule has 0 unspecified atom stereocenters. The number of hydrogen-bond donors (Lipinski definition) is 2. The quantitative estimate of drug-likeness (QED) is 0.429. The molecule has 0 amide bonds. The van der Waals surface area contributed by atoms with Gasteiger partial charge in [0.05, 0.1) is 6.54 Å². The van der Waals surface area contributed by atoms with Gasteiger partial charge in [0.25, 0.3) is 0 Å². The molecule has 0 aromatic carbocycles. The molecule has 1 aliphatic rings. The third kappa shape index (κ3) is 5.86. The van der Waals surface area contributed by atoms with E-state index in [-0.39, 0.29) is 0 Å². The van der Waals surface area contributed by atoms with E-state index in [0.717, 1.165) is 64.3 Å². The zero-order chi connectivity index (χ0) is 16.3. The molecule has 1 aromatic rings. The molecule has 1 aliphatic heterocycles. The summed E-state index contributed by atoms with van der Waals surface area (Å²) >= 11 is 0. The highest BCUT2D eigenvalue weighted by molar-refractivity contribution is 5.79. The van der Waals surface area contributed by atoms with Crippen LogP contribution in [0.4, 0.5) is 5.95 Å². The van der Waals surface area contributed by atoms with Crippen LogP contribution < -0.4 is 15.5 Å². The van der Waals surface area contributed by atoms with E-state index >= 15 is 0 Å². The first-order valence-corrected chi connectivity index (χ1v) is 8.21. The van der Waals surface area contributed by atoms with E-state index in [9.17, 15) is 0 Å². The lowest BCUT2D eigenvalue weighted by Gasteiger charge is -2.34. The number of nitrogens with one attached hydrogen (secondary N) is 2.